The molecule has 3 rings (SSSR count). The zero-order valence-electron chi connectivity index (χ0n) is 11.6. The Kier molecular flexibility index (Phi) is 4.20. The van der Waals surface area contributed by atoms with Crippen molar-refractivity contribution in [3.05, 3.63) is 58.0 Å². The van der Waals surface area contributed by atoms with Crippen LogP contribution in [0.3, 0.4) is 0 Å². The smallest absolute Gasteiger partial charge is 0.188 e. The molecule has 21 heavy (non-hydrogen) atoms. The van der Waals surface area contributed by atoms with Gasteiger partial charge in [0, 0.05) is 29.8 Å². The number of hydrogen-bond acceptors (Lipinski definition) is 2. The molecule has 3 nitrogen and oxygen atoms in total. The Morgan fingerprint density at radius 3 is 2.95 bits per heavy atom. The number of benzene rings is 1. The lowest BCUT2D eigenvalue weighted by atomic mass is 10.1. The first-order valence-corrected chi connectivity index (χ1v) is 7.95. The van der Waals surface area contributed by atoms with E-state index < -0.39 is 0 Å². The number of halogens is 1. The average molecular weight is 303 g/mol. The molecule has 1 saturated carbocycles. The van der Waals surface area contributed by atoms with Gasteiger partial charge in [0.05, 0.1) is 0 Å². The van der Waals surface area contributed by atoms with Gasteiger partial charge in [0.15, 0.2) is 5.96 Å². The van der Waals surface area contributed by atoms with Gasteiger partial charge in [-0.25, -0.2) is 4.39 Å². The third kappa shape index (κ3) is 3.61. The molecule has 0 radical (unpaired) electrons. The van der Waals surface area contributed by atoms with Crippen LogP contribution in [0.5, 0.6) is 0 Å². The van der Waals surface area contributed by atoms with Crippen molar-refractivity contribution in [1.82, 2.24) is 5.32 Å². The molecule has 110 valence electrons. The van der Waals surface area contributed by atoms with Crippen LogP contribution in [0.4, 0.5) is 4.39 Å². The molecule has 2 aromatic rings. The van der Waals surface area contributed by atoms with E-state index in [1.54, 1.807) is 17.4 Å². The first-order chi connectivity index (χ1) is 10.2. The summed E-state index contributed by atoms with van der Waals surface area (Å²) in [5, 5.41) is 5.23. The maximum Gasteiger partial charge on any atom is 0.188 e. The Labute approximate surface area is 127 Å². The SMILES string of the molecule is NC(=NCCc1cccs1)NC1CC1c1ccccc1F. The third-order valence-corrected chi connectivity index (χ3v) is 4.59. The number of nitrogens with one attached hydrogen (secondary N) is 1. The lowest BCUT2D eigenvalue weighted by Crippen LogP contribution is -2.34. The van der Waals surface area contributed by atoms with Crippen molar-refractivity contribution in [2.24, 2.45) is 10.7 Å². The molecule has 2 unspecified atom stereocenters. The van der Waals surface area contributed by atoms with Gasteiger partial charge in [-0.1, -0.05) is 24.3 Å². The van der Waals surface area contributed by atoms with E-state index in [1.165, 1.54) is 10.9 Å². The van der Waals surface area contributed by atoms with E-state index in [1.807, 2.05) is 18.2 Å². The Morgan fingerprint density at radius 2 is 2.19 bits per heavy atom. The van der Waals surface area contributed by atoms with Gasteiger partial charge < -0.3 is 11.1 Å². The number of thiophene rings is 1. The molecule has 0 spiro atoms. The van der Waals surface area contributed by atoms with Crippen LogP contribution in [0.1, 0.15) is 22.8 Å². The van der Waals surface area contributed by atoms with Crippen LogP contribution in [0.25, 0.3) is 0 Å². The highest BCUT2D eigenvalue weighted by Crippen LogP contribution is 2.41. The molecule has 0 aliphatic heterocycles. The van der Waals surface area contributed by atoms with Crippen molar-refractivity contribution in [3.63, 3.8) is 0 Å². The van der Waals surface area contributed by atoms with Crippen LogP contribution in [-0.4, -0.2) is 18.5 Å². The quantitative estimate of drug-likeness (QED) is 0.659. The zero-order valence-corrected chi connectivity index (χ0v) is 12.4. The highest BCUT2D eigenvalue weighted by Gasteiger charge is 2.40. The number of hydrogen-bond donors (Lipinski definition) is 2. The van der Waals surface area contributed by atoms with Gasteiger partial charge in [-0.2, -0.15) is 0 Å². The summed E-state index contributed by atoms with van der Waals surface area (Å²) in [4.78, 5) is 5.63. The molecule has 0 amide bonds. The van der Waals surface area contributed by atoms with Gasteiger partial charge in [0.2, 0.25) is 0 Å². The summed E-state index contributed by atoms with van der Waals surface area (Å²) in [5.74, 6) is 0.521. The van der Waals surface area contributed by atoms with Crippen molar-refractivity contribution in [2.45, 2.75) is 24.8 Å². The Bertz CT molecular complexity index is 624. The molecule has 1 heterocycles. The number of guanidine groups is 1. The normalized spacial score (nSPS) is 21.3. The van der Waals surface area contributed by atoms with Gasteiger partial charge in [0.1, 0.15) is 5.82 Å². The molecule has 1 aromatic carbocycles. The van der Waals surface area contributed by atoms with Crippen LogP contribution >= 0.6 is 11.3 Å². The van der Waals surface area contributed by atoms with E-state index in [-0.39, 0.29) is 17.8 Å². The largest absolute Gasteiger partial charge is 0.370 e. The second-order valence-corrected chi connectivity index (χ2v) is 6.24. The average Bonchev–Trinajstić information content (AvgIpc) is 3.01. The van der Waals surface area contributed by atoms with Crippen molar-refractivity contribution in [2.75, 3.05) is 6.54 Å². The second-order valence-electron chi connectivity index (χ2n) is 5.21. The van der Waals surface area contributed by atoms with E-state index >= 15 is 0 Å². The van der Waals surface area contributed by atoms with Crippen molar-refractivity contribution >= 4 is 17.3 Å². The van der Waals surface area contributed by atoms with Crippen LogP contribution in [-0.2, 0) is 6.42 Å². The molecule has 1 fully saturated rings. The molecule has 3 N–H and O–H groups in total. The van der Waals surface area contributed by atoms with Crippen LogP contribution in [0.2, 0.25) is 0 Å². The number of aliphatic imine (C=N–C) groups is 1. The summed E-state index contributed by atoms with van der Waals surface area (Å²) >= 11 is 1.73. The fourth-order valence-corrected chi connectivity index (χ4v) is 3.15. The molecule has 0 saturated heterocycles. The summed E-state index contributed by atoms with van der Waals surface area (Å²) < 4.78 is 13.7. The Balaban J connectivity index is 1.48. The van der Waals surface area contributed by atoms with Crippen LogP contribution in [0, 0.1) is 5.82 Å². The fraction of sp³-hybridized carbons (Fsp3) is 0.312. The predicted octanol–water partition coefficient (Wildman–Crippen LogP) is 2.89. The summed E-state index contributed by atoms with van der Waals surface area (Å²) in [5.41, 5.74) is 6.65. The van der Waals surface area contributed by atoms with Gasteiger partial charge >= 0.3 is 0 Å². The van der Waals surface area contributed by atoms with Crippen molar-refractivity contribution in [3.8, 4) is 0 Å². The zero-order chi connectivity index (χ0) is 14.7. The van der Waals surface area contributed by atoms with Crippen LogP contribution < -0.4 is 11.1 Å². The Morgan fingerprint density at radius 1 is 1.33 bits per heavy atom. The van der Waals surface area contributed by atoms with Crippen molar-refractivity contribution < 1.29 is 4.39 Å². The summed E-state index contributed by atoms with van der Waals surface area (Å²) in [6, 6.07) is 11.3. The summed E-state index contributed by atoms with van der Waals surface area (Å²) in [6.45, 7) is 0.677. The van der Waals surface area contributed by atoms with E-state index in [4.69, 9.17) is 5.73 Å². The second kappa shape index (κ2) is 6.26. The van der Waals surface area contributed by atoms with Gasteiger partial charge in [0.25, 0.3) is 0 Å². The summed E-state index contributed by atoms with van der Waals surface area (Å²) in [6.07, 6.45) is 1.81. The summed E-state index contributed by atoms with van der Waals surface area (Å²) in [7, 11) is 0. The predicted molar refractivity (Wildman–Crippen MR) is 85.2 cm³/mol. The Hall–Kier alpha value is -1.88. The maximum absolute atomic E-state index is 13.7. The van der Waals surface area contributed by atoms with E-state index in [9.17, 15) is 4.39 Å². The highest BCUT2D eigenvalue weighted by molar-refractivity contribution is 7.09. The fourth-order valence-electron chi connectivity index (χ4n) is 2.45. The minimum atomic E-state index is -0.139. The lowest BCUT2D eigenvalue weighted by Gasteiger charge is -2.06. The van der Waals surface area contributed by atoms with Gasteiger partial charge in [-0.3, -0.25) is 4.99 Å². The van der Waals surface area contributed by atoms with Crippen molar-refractivity contribution in [1.29, 1.82) is 0 Å². The minimum absolute atomic E-state index is 0.139. The number of nitrogens with zero attached hydrogens (tertiary/aromatic N) is 1. The van der Waals surface area contributed by atoms with E-state index in [0.717, 1.165) is 18.4 Å². The molecule has 1 aromatic heterocycles. The molecular weight excluding hydrogens is 285 g/mol. The molecule has 1 aliphatic rings. The first-order valence-electron chi connectivity index (χ1n) is 7.07. The monoisotopic (exact) mass is 303 g/mol. The van der Waals surface area contributed by atoms with E-state index in [2.05, 4.69) is 21.8 Å². The molecular formula is C16H18FN3S. The van der Waals surface area contributed by atoms with Gasteiger partial charge in [-0.05, 0) is 29.5 Å². The first kappa shape index (κ1) is 14.1. The molecule has 2 atom stereocenters. The number of rotatable bonds is 5. The topological polar surface area (TPSA) is 50.4 Å². The van der Waals surface area contributed by atoms with Gasteiger partial charge in [-0.15, -0.1) is 11.3 Å². The lowest BCUT2D eigenvalue weighted by molar-refractivity contribution is 0.608. The minimum Gasteiger partial charge on any atom is -0.370 e. The number of nitrogens with two attached hydrogens (primary N) is 1. The van der Waals surface area contributed by atoms with Crippen LogP contribution in [0.15, 0.2) is 46.8 Å². The van der Waals surface area contributed by atoms with E-state index in [0.29, 0.717) is 12.5 Å². The standard InChI is InChI=1S/C16H18FN3S/c17-14-6-2-1-5-12(14)13-10-15(13)20-16(18)19-8-7-11-4-3-9-21-11/h1-6,9,13,15H,7-8,10H2,(H3,18,19,20). The molecule has 0 bridgehead atoms. The molecule has 5 heteroatoms. The maximum atomic E-state index is 13.7. The highest BCUT2D eigenvalue weighted by atomic mass is 32.1. The third-order valence-electron chi connectivity index (χ3n) is 3.65. The molecule has 1 aliphatic carbocycles.